The van der Waals surface area contributed by atoms with Gasteiger partial charge in [-0.3, -0.25) is 7.05 Å². The summed E-state index contributed by atoms with van der Waals surface area (Å²) in [5.74, 6) is 0. The summed E-state index contributed by atoms with van der Waals surface area (Å²) in [5.41, 5.74) is 0. The SMILES string of the molecule is [CH2-]N1CCC[C@H]1CNC. The monoisotopic (exact) mass is 127 g/mol. The first-order chi connectivity index (χ1) is 4.34. The van der Waals surface area contributed by atoms with Gasteiger partial charge in [-0.25, -0.2) is 0 Å². The molecular formula is C7H15N2-. The van der Waals surface area contributed by atoms with Crippen molar-refractivity contribution in [2.75, 3.05) is 20.1 Å². The first-order valence-corrected chi connectivity index (χ1v) is 3.56. The molecule has 0 spiro atoms. The van der Waals surface area contributed by atoms with Gasteiger partial charge in [0.25, 0.3) is 0 Å². The van der Waals surface area contributed by atoms with Crippen molar-refractivity contribution in [3.63, 3.8) is 0 Å². The van der Waals surface area contributed by atoms with Gasteiger partial charge in [-0.05, 0) is 32.5 Å². The van der Waals surface area contributed by atoms with E-state index in [1.54, 1.807) is 0 Å². The maximum atomic E-state index is 3.93. The number of hydrogen-bond acceptors (Lipinski definition) is 2. The van der Waals surface area contributed by atoms with E-state index in [0.29, 0.717) is 6.04 Å². The quantitative estimate of drug-likeness (QED) is 0.542. The normalized spacial score (nSPS) is 29.3. The second-order valence-electron chi connectivity index (χ2n) is 2.67. The van der Waals surface area contributed by atoms with E-state index in [1.807, 2.05) is 7.05 Å². The van der Waals surface area contributed by atoms with Gasteiger partial charge < -0.3 is 10.2 Å². The minimum absolute atomic E-state index is 0.690. The predicted molar refractivity (Wildman–Crippen MR) is 39.0 cm³/mol. The molecule has 0 unspecified atom stereocenters. The minimum Gasteiger partial charge on any atom is -0.456 e. The van der Waals surface area contributed by atoms with Crippen LogP contribution in [0, 0.1) is 7.05 Å². The molecule has 2 nitrogen and oxygen atoms in total. The van der Waals surface area contributed by atoms with Crippen LogP contribution in [0.1, 0.15) is 12.8 Å². The Morgan fingerprint density at radius 2 is 2.56 bits per heavy atom. The van der Waals surface area contributed by atoms with Gasteiger partial charge in [-0.15, -0.1) is 0 Å². The molecule has 0 amide bonds. The van der Waals surface area contributed by atoms with Crippen LogP contribution >= 0.6 is 0 Å². The fourth-order valence-corrected chi connectivity index (χ4v) is 1.36. The standard InChI is InChI=1S/C7H15N2/c1-8-6-7-4-3-5-9(7)2/h7-8H,2-6H2,1H3/q-1/t7-/m0/s1. The smallest absolute Gasteiger partial charge is 0.00809 e. The van der Waals surface area contributed by atoms with Crippen molar-refractivity contribution in [1.82, 2.24) is 10.2 Å². The van der Waals surface area contributed by atoms with Crippen LogP contribution in [0.15, 0.2) is 0 Å². The average molecular weight is 127 g/mol. The van der Waals surface area contributed by atoms with Crippen molar-refractivity contribution in [1.29, 1.82) is 0 Å². The van der Waals surface area contributed by atoms with Crippen LogP contribution in [0.4, 0.5) is 0 Å². The Labute approximate surface area is 57.2 Å². The Kier molecular flexibility index (Phi) is 2.49. The van der Waals surface area contributed by atoms with Gasteiger partial charge in [-0.1, -0.05) is 0 Å². The summed E-state index contributed by atoms with van der Waals surface area (Å²) in [4.78, 5) is 2.18. The molecule has 1 saturated heterocycles. The highest BCUT2D eigenvalue weighted by Gasteiger charge is 2.14. The molecule has 1 aliphatic heterocycles. The molecule has 1 aliphatic rings. The van der Waals surface area contributed by atoms with Crippen LogP contribution in [-0.4, -0.2) is 31.1 Å². The van der Waals surface area contributed by atoms with Crippen molar-refractivity contribution >= 4 is 0 Å². The van der Waals surface area contributed by atoms with Gasteiger partial charge in [0.2, 0.25) is 0 Å². The highest BCUT2D eigenvalue weighted by Crippen LogP contribution is 2.13. The van der Waals surface area contributed by atoms with Crippen LogP contribution in [0.25, 0.3) is 0 Å². The molecule has 1 atom stereocenters. The highest BCUT2D eigenvalue weighted by molar-refractivity contribution is 4.79. The molecule has 1 N–H and O–H groups in total. The van der Waals surface area contributed by atoms with Crippen molar-refractivity contribution in [3.05, 3.63) is 7.05 Å². The molecule has 0 bridgehead atoms. The van der Waals surface area contributed by atoms with Gasteiger partial charge in [0.15, 0.2) is 0 Å². The molecule has 0 saturated carbocycles. The van der Waals surface area contributed by atoms with Gasteiger partial charge in [0.05, 0.1) is 0 Å². The van der Waals surface area contributed by atoms with E-state index in [4.69, 9.17) is 0 Å². The van der Waals surface area contributed by atoms with Crippen LogP contribution < -0.4 is 5.32 Å². The second kappa shape index (κ2) is 3.18. The Bertz CT molecular complexity index is 83.0. The van der Waals surface area contributed by atoms with E-state index in [2.05, 4.69) is 17.3 Å². The fraction of sp³-hybridized carbons (Fsp3) is 0.857. The summed E-state index contributed by atoms with van der Waals surface area (Å²) in [7, 11) is 5.92. The lowest BCUT2D eigenvalue weighted by Gasteiger charge is -2.26. The van der Waals surface area contributed by atoms with Gasteiger partial charge in [0.1, 0.15) is 0 Å². The highest BCUT2D eigenvalue weighted by atomic mass is 15.2. The molecule has 1 heterocycles. The van der Waals surface area contributed by atoms with E-state index in [1.165, 1.54) is 19.4 Å². The predicted octanol–water partition coefficient (Wildman–Crippen LogP) is 0.462. The largest absolute Gasteiger partial charge is 0.456 e. The first-order valence-electron chi connectivity index (χ1n) is 3.56. The second-order valence-corrected chi connectivity index (χ2v) is 2.67. The summed E-state index contributed by atoms with van der Waals surface area (Å²) < 4.78 is 0. The summed E-state index contributed by atoms with van der Waals surface area (Å²) in [6, 6.07) is 0.690. The molecule has 0 aromatic rings. The molecule has 0 aromatic heterocycles. The molecule has 54 valence electrons. The number of likely N-dealkylation sites (tertiary alicyclic amines) is 1. The zero-order chi connectivity index (χ0) is 6.69. The molecule has 0 radical (unpaired) electrons. The summed E-state index contributed by atoms with van der Waals surface area (Å²) in [5, 5.41) is 3.16. The van der Waals surface area contributed by atoms with Crippen molar-refractivity contribution in [3.8, 4) is 0 Å². The third-order valence-electron chi connectivity index (χ3n) is 1.94. The van der Waals surface area contributed by atoms with Gasteiger partial charge in [-0.2, -0.15) is 0 Å². The molecule has 1 fully saturated rings. The van der Waals surface area contributed by atoms with Crippen LogP contribution in [0.2, 0.25) is 0 Å². The summed E-state index contributed by atoms with van der Waals surface area (Å²) in [6.45, 7) is 2.26. The van der Waals surface area contributed by atoms with Crippen molar-refractivity contribution in [2.45, 2.75) is 18.9 Å². The molecule has 2 heteroatoms. The van der Waals surface area contributed by atoms with Crippen molar-refractivity contribution in [2.24, 2.45) is 0 Å². The lowest BCUT2D eigenvalue weighted by molar-refractivity contribution is 0.337. The lowest BCUT2D eigenvalue weighted by Crippen LogP contribution is -2.32. The number of likely N-dealkylation sites (N-methyl/N-ethyl adjacent to an activating group) is 1. The number of hydrogen-bond donors (Lipinski definition) is 1. The van der Waals surface area contributed by atoms with E-state index in [9.17, 15) is 0 Å². The van der Waals surface area contributed by atoms with E-state index in [0.717, 1.165) is 6.54 Å². The van der Waals surface area contributed by atoms with E-state index in [-0.39, 0.29) is 0 Å². The van der Waals surface area contributed by atoms with Crippen LogP contribution in [0.5, 0.6) is 0 Å². The van der Waals surface area contributed by atoms with Gasteiger partial charge in [0, 0.05) is 6.54 Å². The Morgan fingerprint density at radius 3 is 3.00 bits per heavy atom. The fourth-order valence-electron chi connectivity index (χ4n) is 1.36. The molecule has 1 rings (SSSR count). The Hall–Kier alpha value is -0.0800. The molecule has 0 aliphatic carbocycles. The lowest BCUT2D eigenvalue weighted by atomic mass is 10.2. The first kappa shape index (κ1) is 7.03. The Balaban J connectivity index is 2.22. The average Bonchev–Trinajstić information content (AvgIpc) is 2.18. The number of nitrogens with zero attached hydrogens (tertiary/aromatic N) is 1. The maximum absolute atomic E-state index is 3.93. The number of nitrogens with one attached hydrogen (secondary N) is 1. The third kappa shape index (κ3) is 1.66. The summed E-state index contributed by atoms with van der Waals surface area (Å²) in [6.07, 6.45) is 2.63. The molecule has 0 aromatic carbocycles. The third-order valence-corrected chi connectivity index (χ3v) is 1.94. The van der Waals surface area contributed by atoms with Crippen LogP contribution in [-0.2, 0) is 0 Å². The zero-order valence-corrected chi connectivity index (χ0v) is 6.06. The topological polar surface area (TPSA) is 15.3 Å². The van der Waals surface area contributed by atoms with E-state index < -0.39 is 0 Å². The molecule has 9 heavy (non-hydrogen) atoms. The van der Waals surface area contributed by atoms with Crippen LogP contribution in [0.3, 0.4) is 0 Å². The maximum Gasteiger partial charge on any atom is 0.00809 e. The zero-order valence-electron chi connectivity index (χ0n) is 6.06. The van der Waals surface area contributed by atoms with Gasteiger partial charge >= 0.3 is 0 Å². The Morgan fingerprint density at radius 1 is 1.78 bits per heavy atom. The summed E-state index contributed by atoms with van der Waals surface area (Å²) >= 11 is 0. The minimum atomic E-state index is 0.690. The van der Waals surface area contributed by atoms with E-state index >= 15 is 0 Å². The molecular weight excluding hydrogens is 112 g/mol. The number of rotatable bonds is 2. The van der Waals surface area contributed by atoms with Crippen molar-refractivity contribution < 1.29 is 0 Å².